The number of unbranched alkanes of at least 4 members (excludes halogenated alkanes) is 2. The highest BCUT2D eigenvalue weighted by molar-refractivity contribution is 6.99. The zero-order chi connectivity index (χ0) is 50.0. The molecule has 0 fully saturated rings. The van der Waals surface area contributed by atoms with E-state index in [1.54, 1.807) is 12.3 Å². The zero-order valence-corrected chi connectivity index (χ0v) is 44.8. The van der Waals surface area contributed by atoms with Gasteiger partial charge in [0.05, 0.1) is 25.4 Å². The second kappa shape index (κ2) is 23.3. The number of hydrogen-bond donors (Lipinski definition) is 2. The molecule has 370 valence electrons. The summed E-state index contributed by atoms with van der Waals surface area (Å²) < 4.78 is 22.0. The van der Waals surface area contributed by atoms with Crippen molar-refractivity contribution >= 4 is 44.7 Å². The molecule has 1 aliphatic rings. The first-order valence-electron chi connectivity index (χ1n) is 24.9. The Hall–Kier alpha value is -5.03. The van der Waals surface area contributed by atoms with E-state index in [0.717, 1.165) is 36.8 Å². The molecule has 0 saturated heterocycles. The van der Waals surface area contributed by atoms with E-state index in [4.69, 9.17) is 18.6 Å². The Morgan fingerprint density at radius 1 is 0.783 bits per heavy atom. The van der Waals surface area contributed by atoms with Crippen LogP contribution >= 0.6 is 0 Å². The third kappa shape index (κ3) is 12.5. The lowest BCUT2D eigenvalue weighted by Gasteiger charge is -2.43. The molecule has 1 unspecified atom stereocenters. The van der Waals surface area contributed by atoms with Crippen molar-refractivity contribution < 1.29 is 33.1 Å². The number of ether oxygens (including phenoxy) is 1. The van der Waals surface area contributed by atoms with E-state index in [2.05, 4.69) is 122 Å². The molecule has 0 saturated carbocycles. The van der Waals surface area contributed by atoms with Gasteiger partial charge in [0.1, 0.15) is 11.5 Å². The molecule has 13 heteroatoms. The maximum atomic E-state index is 15.1. The Balaban J connectivity index is 1.32. The molecule has 1 amide bonds. The SMILES string of the molecule is CCCCN(CCCC)C(=O)c1cn(CCOCCO[Si](c2ccccc2)(c2ccccc2)C(C)(C)C)c(-c2ccc(C(=O)O)cc2C(=O)c2cccc3c2CC(CO[Si](C)(C)C(C)(C)C)NC3)n1. The monoisotopic (exact) mass is 973 g/mol. The number of rotatable bonds is 23. The van der Waals surface area contributed by atoms with Gasteiger partial charge in [0.25, 0.3) is 14.2 Å². The molecule has 0 bridgehead atoms. The van der Waals surface area contributed by atoms with Crippen molar-refractivity contribution in [3.8, 4) is 11.4 Å². The zero-order valence-electron chi connectivity index (χ0n) is 42.8. The average molecular weight is 973 g/mol. The van der Waals surface area contributed by atoms with Crippen molar-refractivity contribution in [2.75, 3.05) is 39.5 Å². The summed E-state index contributed by atoms with van der Waals surface area (Å²) in [5.41, 5.74) is 3.35. The lowest BCUT2D eigenvalue weighted by Crippen LogP contribution is -2.66. The molecule has 69 heavy (non-hydrogen) atoms. The number of carboxylic acid groups (broad SMARTS) is 1. The van der Waals surface area contributed by atoms with Gasteiger partial charge in [-0.3, -0.25) is 9.59 Å². The van der Waals surface area contributed by atoms with Gasteiger partial charge in [0, 0.05) is 61.7 Å². The summed E-state index contributed by atoms with van der Waals surface area (Å²) in [6.45, 7) is 25.7. The van der Waals surface area contributed by atoms with Crippen LogP contribution in [0.2, 0.25) is 23.2 Å². The maximum Gasteiger partial charge on any atom is 0.335 e. The van der Waals surface area contributed by atoms with Crippen LogP contribution in [-0.2, 0) is 33.1 Å². The number of carbonyl (C=O) groups is 3. The van der Waals surface area contributed by atoms with Gasteiger partial charge in [-0.25, -0.2) is 9.78 Å². The van der Waals surface area contributed by atoms with Gasteiger partial charge in [-0.2, -0.15) is 0 Å². The molecule has 1 atom stereocenters. The molecule has 0 radical (unpaired) electrons. The highest BCUT2D eigenvalue weighted by atomic mass is 28.4. The molecule has 2 N–H and O–H groups in total. The second-order valence-electron chi connectivity index (χ2n) is 21.0. The summed E-state index contributed by atoms with van der Waals surface area (Å²) in [4.78, 5) is 48.9. The maximum absolute atomic E-state index is 15.1. The van der Waals surface area contributed by atoms with Crippen LogP contribution in [0.3, 0.4) is 0 Å². The Morgan fingerprint density at radius 2 is 1.42 bits per heavy atom. The molecular formula is C56H76N4O7Si2. The Kier molecular flexibility index (Phi) is 18.0. The third-order valence-electron chi connectivity index (χ3n) is 14.0. The quantitative estimate of drug-likeness (QED) is 0.0373. The van der Waals surface area contributed by atoms with Crippen molar-refractivity contribution in [1.82, 2.24) is 19.8 Å². The lowest BCUT2D eigenvalue weighted by molar-refractivity contribution is 0.0695. The van der Waals surface area contributed by atoms with Crippen LogP contribution in [0.1, 0.15) is 129 Å². The average Bonchev–Trinajstić information content (AvgIpc) is 3.76. The summed E-state index contributed by atoms with van der Waals surface area (Å²) in [6.07, 6.45) is 5.95. The first kappa shape index (κ1) is 53.3. The van der Waals surface area contributed by atoms with Crippen molar-refractivity contribution in [2.24, 2.45) is 0 Å². The summed E-state index contributed by atoms with van der Waals surface area (Å²) in [6, 6.07) is 31.4. The molecule has 0 spiro atoms. The Bertz CT molecular complexity index is 2470. The van der Waals surface area contributed by atoms with E-state index in [0.29, 0.717) is 69.4 Å². The molecular weight excluding hydrogens is 897 g/mol. The number of ketones is 1. The Morgan fingerprint density at radius 3 is 2.00 bits per heavy atom. The second-order valence-corrected chi connectivity index (χ2v) is 30.1. The van der Waals surface area contributed by atoms with E-state index in [-0.39, 0.29) is 51.2 Å². The fourth-order valence-electron chi connectivity index (χ4n) is 9.03. The summed E-state index contributed by atoms with van der Waals surface area (Å²) in [5.74, 6) is -1.23. The minimum atomic E-state index is -2.78. The minimum absolute atomic E-state index is 0.00414. The molecule has 2 heterocycles. The number of hydrogen-bond acceptors (Lipinski definition) is 8. The highest BCUT2D eigenvalue weighted by Crippen LogP contribution is 2.38. The van der Waals surface area contributed by atoms with Gasteiger partial charge in [-0.15, -0.1) is 0 Å². The number of fused-ring (bicyclic) bond motifs is 1. The summed E-state index contributed by atoms with van der Waals surface area (Å²) in [7, 11) is -4.81. The van der Waals surface area contributed by atoms with Crippen LogP contribution in [0.4, 0.5) is 0 Å². The van der Waals surface area contributed by atoms with E-state index in [1.165, 1.54) is 22.5 Å². The standard InChI is InChI=1S/C56H76N4O7Si2/c1-11-13-30-59(31-14-12-2)53(62)50-39-60(32-33-65-34-35-66-69(56(6,7)8,44-23-17-15-18-24-44)45-25-19-16-20-26-45)52(58-50)47-29-28-41(54(63)64)36-49(47)51(61)46-27-21-22-42-38-57-43(37-48(42)46)40-67-68(9,10)55(3,4)5/h15-29,36,39,43,57H,11-14,30-35,37-38,40H2,1-10H3,(H,63,64). The Labute approximate surface area is 413 Å². The van der Waals surface area contributed by atoms with Crippen LogP contribution in [-0.4, -0.2) is 99.4 Å². The van der Waals surface area contributed by atoms with Crippen molar-refractivity contribution in [2.45, 2.75) is 130 Å². The van der Waals surface area contributed by atoms with Crippen molar-refractivity contribution in [3.05, 3.63) is 137 Å². The third-order valence-corrected chi connectivity index (χ3v) is 23.6. The van der Waals surface area contributed by atoms with Gasteiger partial charge < -0.3 is 33.5 Å². The number of aromatic carboxylic acids is 1. The van der Waals surface area contributed by atoms with E-state index in [1.807, 2.05) is 39.8 Å². The van der Waals surface area contributed by atoms with Crippen molar-refractivity contribution in [1.29, 1.82) is 0 Å². The predicted molar refractivity (Wildman–Crippen MR) is 282 cm³/mol. The van der Waals surface area contributed by atoms with Crippen LogP contribution in [0.15, 0.2) is 103 Å². The van der Waals surface area contributed by atoms with Gasteiger partial charge in [0.15, 0.2) is 14.1 Å². The van der Waals surface area contributed by atoms with Crippen LogP contribution in [0, 0.1) is 0 Å². The van der Waals surface area contributed by atoms with Gasteiger partial charge >= 0.3 is 5.97 Å². The fraction of sp³-hybridized carbons (Fsp3) is 0.464. The van der Waals surface area contributed by atoms with E-state index in [9.17, 15) is 14.7 Å². The minimum Gasteiger partial charge on any atom is -0.478 e. The van der Waals surface area contributed by atoms with E-state index < -0.39 is 22.6 Å². The molecule has 4 aromatic carbocycles. The molecule has 11 nitrogen and oxygen atoms in total. The fourth-order valence-corrected chi connectivity index (χ4v) is 14.6. The van der Waals surface area contributed by atoms with Crippen LogP contribution in [0.5, 0.6) is 0 Å². The van der Waals surface area contributed by atoms with Gasteiger partial charge in [-0.05, 0) is 82.1 Å². The number of carbonyl (C=O) groups excluding carboxylic acids is 2. The number of nitrogens with one attached hydrogen (secondary N) is 1. The highest BCUT2D eigenvalue weighted by Gasteiger charge is 2.50. The number of carboxylic acids is 1. The largest absolute Gasteiger partial charge is 0.478 e. The number of imidazole rings is 1. The first-order chi connectivity index (χ1) is 32.8. The van der Waals surface area contributed by atoms with E-state index >= 15 is 4.79 Å². The van der Waals surface area contributed by atoms with Gasteiger partial charge in [-0.1, -0.05) is 147 Å². The molecule has 1 aliphatic heterocycles. The number of nitrogens with zero attached hydrogens (tertiary/aromatic N) is 3. The number of amides is 1. The van der Waals surface area contributed by atoms with Crippen LogP contribution in [0.25, 0.3) is 11.4 Å². The van der Waals surface area contributed by atoms with Gasteiger partial charge in [0.2, 0.25) is 0 Å². The molecule has 0 aliphatic carbocycles. The molecule has 5 aromatic rings. The predicted octanol–water partition coefficient (Wildman–Crippen LogP) is 10.2. The van der Waals surface area contributed by atoms with Crippen molar-refractivity contribution in [3.63, 3.8) is 0 Å². The first-order valence-corrected chi connectivity index (χ1v) is 29.7. The lowest BCUT2D eigenvalue weighted by atomic mass is 9.87. The molecule has 1 aromatic heterocycles. The smallest absolute Gasteiger partial charge is 0.335 e. The summed E-state index contributed by atoms with van der Waals surface area (Å²) >= 11 is 0. The number of benzene rings is 4. The summed E-state index contributed by atoms with van der Waals surface area (Å²) in [5, 5.41) is 16.1. The normalized spacial score (nSPS) is 14.4. The number of aromatic nitrogens is 2. The molecule has 6 rings (SSSR count). The van der Waals surface area contributed by atoms with Crippen LogP contribution < -0.4 is 15.7 Å². The topological polar surface area (TPSA) is 132 Å².